The van der Waals surface area contributed by atoms with Gasteiger partial charge in [-0.05, 0) is 82.9 Å². The van der Waals surface area contributed by atoms with E-state index in [0.717, 1.165) is 28.0 Å². The lowest BCUT2D eigenvalue weighted by Crippen LogP contribution is -2.01. The highest BCUT2D eigenvalue weighted by Crippen LogP contribution is 2.42. The lowest BCUT2D eigenvalue weighted by molar-refractivity contribution is 0.993. The Labute approximate surface area is 332 Å². The summed E-state index contributed by atoms with van der Waals surface area (Å²) in [6, 6.07) is 67.6. The van der Waals surface area contributed by atoms with Gasteiger partial charge in [0.2, 0.25) is 5.95 Å². The van der Waals surface area contributed by atoms with E-state index in [1.54, 1.807) is 0 Å². The molecule has 0 radical (unpaired) electrons. The van der Waals surface area contributed by atoms with Crippen molar-refractivity contribution in [2.24, 2.45) is 0 Å². The Hall–Kier alpha value is -7.34. The maximum atomic E-state index is 5.30. The van der Waals surface area contributed by atoms with Gasteiger partial charge in [-0.3, -0.25) is 4.57 Å². The number of hydrogen-bond donors (Lipinski definition) is 0. The number of nitrogens with zero attached hydrogens (tertiary/aromatic N) is 4. The van der Waals surface area contributed by atoms with Crippen LogP contribution < -0.4 is 0 Å². The number of thiophene rings is 1. The molecule has 5 heteroatoms. The van der Waals surface area contributed by atoms with Gasteiger partial charge in [-0.2, -0.15) is 0 Å². The largest absolute Gasteiger partial charge is 0.309 e. The summed E-state index contributed by atoms with van der Waals surface area (Å²) in [5, 5.41) is 7.36. The molecule has 0 fully saturated rings. The van der Waals surface area contributed by atoms with Crippen LogP contribution in [0.3, 0.4) is 0 Å². The monoisotopic (exact) mass is 744 g/mol. The summed E-state index contributed by atoms with van der Waals surface area (Å²) in [6.07, 6.45) is 1.90. The zero-order chi connectivity index (χ0) is 37.5. The van der Waals surface area contributed by atoms with Crippen molar-refractivity contribution in [1.29, 1.82) is 0 Å². The first-order valence-electron chi connectivity index (χ1n) is 19.2. The van der Waals surface area contributed by atoms with Gasteiger partial charge in [0.15, 0.2) is 0 Å². The van der Waals surface area contributed by atoms with Gasteiger partial charge >= 0.3 is 0 Å². The van der Waals surface area contributed by atoms with E-state index in [2.05, 4.69) is 191 Å². The van der Waals surface area contributed by atoms with Crippen molar-refractivity contribution in [3.63, 3.8) is 0 Å². The first-order chi connectivity index (χ1) is 28.3. The molecule has 0 unspecified atom stereocenters. The molecular weight excluding hydrogens is 713 g/mol. The number of fused-ring (bicyclic) bond motifs is 9. The van der Waals surface area contributed by atoms with E-state index in [1.165, 1.54) is 75.0 Å². The molecule has 0 N–H and O–H groups in total. The zero-order valence-electron chi connectivity index (χ0n) is 30.7. The predicted molar refractivity (Wildman–Crippen MR) is 240 cm³/mol. The molecule has 0 aliphatic carbocycles. The molecule has 4 heterocycles. The molecule has 0 spiro atoms. The van der Waals surface area contributed by atoms with Crippen LogP contribution in [0.25, 0.3) is 109 Å². The molecule has 0 amide bonds. The van der Waals surface area contributed by atoms with Gasteiger partial charge in [-0.25, -0.2) is 9.97 Å². The SMILES string of the molecule is c1ccc(-c2ccc3sc4c(-c5ccnc(-n6c7ccccc7c7cc(-c8ccc9c%10ccccc%10n(-c%10ccccc%10)c9c8)ccc76)n5)cccc4c3c2)cc1. The van der Waals surface area contributed by atoms with Gasteiger partial charge in [0.25, 0.3) is 0 Å². The van der Waals surface area contributed by atoms with E-state index in [4.69, 9.17) is 9.97 Å². The molecule has 12 rings (SSSR count). The predicted octanol–water partition coefficient (Wildman–Crippen LogP) is 14.0. The fourth-order valence-corrected chi connectivity index (χ4v) is 10.00. The van der Waals surface area contributed by atoms with Gasteiger partial charge in [-0.15, -0.1) is 11.3 Å². The van der Waals surface area contributed by atoms with E-state index in [1.807, 2.05) is 23.6 Å². The Kier molecular flexibility index (Phi) is 7.06. The van der Waals surface area contributed by atoms with Crippen LogP contribution in [0.1, 0.15) is 0 Å². The lowest BCUT2D eigenvalue weighted by atomic mass is 10.0. The van der Waals surface area contributed by atoms with Gasteiger partial charge in [-0.1, -0.05) is 127 Å². The summed E-state index contributed by atoms with van der Waals surface area (Å²) in [4.78, 5) is 10.2. The number of aromatic nitrogens is 4. The Morgan fingerprint density at radius 1 is 0.386 bits per heavy atom. The van der Waals surface area contributed by atoms with Crippen molar-refractivity contribution in [3.05, 3.63) is 194 Å². The average molecular weight is 745 g/mol. The second-order valence-corrected chi connectivity index (χ2v) is 15.7. The normalized spacial score (nSPS) is 11.9. The Balaban J connectivity index is 0.991. The third kappa shape index (κ3) is 4.99. The molecule has 4 aromatic heterocycles. The average Bonchev–Trinajstić information content (AvgIpc) is 3.94. The highest BCUT2D eigenvalue weighted by Gasteiger charge is 2.19. The van der Waals surface area contributed by atoms with Crippen LogP contribution in [0.2, 0.25) is 0 Å². The minimum absolute atomic E-state index is 0.657. The van der Waals surface area contributed by atoms with Gasteiger partial charge < -0.3 is 4.57 Å². The maximum absolute atomic E-state index is 5.30. The highest BCUT2D eigenvalue weighted by molar-refractivity contribution is 7.26. The quantitative estimate of drug-likeness (QED) is 0.176. The number of hydrogen-bond acceptors (Lipinski definition) is 3. The summed E-state index contributed by atoms with van der Waals surface area (Å²) >= 11 is 1.83. The van der Waals surface area contributed by atoms with Crippen LogP contribution in [0, 0.1) is 0 Å². The van der Waals surface area contributed by atoms with Crippen molar-refractivity contribution in [1.82, 2.24) is 19.1 Å². The Morgan fingerprint density at radius 2 is 1.00 bits per heavy atom. The van der Waals surface area contributed by atoms with Crippen molar-refractivity contribution < 1.29 is 0 Å². The molecule has 0 aliphatic rings. The van der Waals surface area contributed by atoms with Crippen molar-refractivity contribution in [2.75, 3.05) is 0 Å². The molecule has 0 aliphatic heterocycles. The molecule has 4 nitrogen and oxygen atoms in total. The van der Waals surface area contributed by atoms with E-state index >= 15 is 0 Å². The zero-order valence-corrected chi connectivity index (χ0v) is 31.5. The fourth-order valence-electron chi connectivity index (χ4n) is 8.79. The standard InChI is InChI=1S/C52H32N4S/c1-3-12-33(13-4-1)34-24-27-50-44(31-34)41-18-11-19-42(51(41)57-50)45-28-29-53-52(54-45)56-47-21-10-8-17-39(47)43-30-35(23-26-48(43)56)36-22-25-40-38-16-7-9-20-46(38)55(49(40)32-36)37-14-5-2-6-15-37/h1-32H. The first kappa shape index (κ1) is 32.0. The van der Waals surface area contributed by atoms with Crippen molar-refractivity contribution >= 4 is 75.1 Å². The van der Waals surface area contributed by atoms with Crippen LogP contribution in [-0.2, 0) is 0 Å². The van der Waals surface area contributed by atoms with Gasteiger partial charge in [0.05, 0.1) is 27.8 Å². The van der Waals surface area contributed by atoms with Crippen LogP contribution >= 0.6 is 11.3 Å². The second kappa shape index (κ2) is 12.6. The van der Waals surface area contributed by atoms with Gasteiger partial charge in [0, 0.05) is 59.2 Å². The third-order valence-corrected chi connectivity index (χ3v) is 12.6. The first-order valence-corrected chi connectivity index (χ1v) is 20.1. The topological polar surface area (TPSA) is 35.6 Å². The summed E-state index contributed by atoms with van der Waals surface area (Å²) in [5.74, 6) is 0.657. The van der Waals surface area contributed by atoms with E-state index in [-0.39, 0.29) is 0 Å². The molecule has 0 saturated carbocycles. The van der Waals surface area contributed by atoms with Crippen LogP contribution in [0.4, 0.5) is 0 Å². The molecule has 57 heavy (non-hydrogen) atoms. The van der Waals surface area contributed by atoms with E-state index < -0.39 is 0 Å². The Morgan fingerprint density at radius 3 is 1.84 bits per heavy atom. The molecule has 266 valence electrons. The molecule has 12 aromatic rings. The van der Waals surface area contributed by atoms with Crippen LogP contribution in [0.15, 0.2) is 194 Å². The lowest BCUT2D eigenvalue weighted by Gasteiger charge is -2.10. The molecule has 8 aromatic carbocycles. The smallest absolute Gasteiger partial charge is 0.235 e. The Bertz CT molecular complexity index is 3520. The van der Waals surface area contributed by atoms with Crippen molar-refractivity contribution in [3.8, 4) is 45.1 Å². The minimum atomic E-state index is 0.657. The molecule has 0 atom stereocenters. The highest BCUT2D eigenvalue weighted by atomic mass is 32.1. The van der Waals surface area contributed by atoms with Crippen LogP contribution in [-0.4, -0.2) is 19.1 Å². The fraction of sp³-hybridized carbons (Fsp3) is 0. The molecule has 0 saturated heterocycles. The number of rotatable bonds is 5. The van der Waals surface area contributed by atoms with E-state index in [9.17, 15) is 0 Å². The van der Waals surface area contributed by atoms with E-state index in [0.29, 0.717) is 5.95 Å². The third-order valence-electron chi connectivity index (χ3n) is 11.4. The molecular formula is C52H32N4S. The van der Waals surface area contributed by atoms with Gasteiger partial charge in [0.1, 0.15) is 0 Å². The summed E-state index contributed by atoms with van der Waals surface area (Å²) in [6.45, 7) is 0. The second-order valence-electron chi connectivity index (χ2n) is 14.6. The molecule has 0 bridgehead atoms. The summed E-state index contributed by atoms with van der Waals surface area (Å²) < 4.78 is 7.10. The van der Waals surface area contributed by atoms with Crippen molar-refractivity contribution in [2.45, 2.75) is 0 Å². The maximum Gasteiger partial charge on any atom is 0.235 e. The number of para-hydroxylation sites is 3. The summed E-state index contributed by atoms with van der Waals surface area (Å²) in [5.41, 5.74) is 12.5. The number of benzene rings is 8. The summed E-state index contributed by atoms with van der Waals surface area (Å²) in [7, 11) is 0. The minimum Gasteiger partial charge on any atom is -0.309 e. The van der Waals surface area contributed by atoms with Crippen LogP contribution in [0.5, 0.6) is 0 Å².